The summed E-state index contributed by atoms with van der Waals surface area (Å²) in [6.07, 6.45) is 3.33. The number of aromatic nitrogens is 3. The van der Waals surface area contributed by atoms with Crippen LogP contribution >= 0.6 is 8.18 Å². The van der Waals surface area contributed by atoms with E-state index in [1.54, 1.807) is 17.5 Å². The van der Waals surface area contributed by atoms with Gasteiger partial charge in [0.15, 0.2) is 11.4 Å². The normalized spacial score (nSPS) is 25.7. The lowest BCUT2D eigenvalue weighted by molar-refractivity contribution is -0.152. The first kappa shape index (κ1) is 24.6. The number of nitriles is 1. The van der Waals surface area contributed by atoms with Crippen molar-refractivity contribution in [2.75, 3.05) is 32.5 Å². The molecule has 2 aliphatic rings. The topological polar surface area (TPSA) is 157 Å². The van der Waals surface area contributed by atoms with Crippen LogP contribution in [0.4, 0.5) is 5.82 Å². The largest absolute Gasteiger partial charge is 0.461 e. The molecule has 184 valence electrons. The smallest absolute Gasteiger partial charge is 0.323 e. The second kappa shape index (κ2) is 10.4. The monoisotopic (exact) mass is 491 g/mol. The van der Waals surface area contributed by atoms with E-state index in [0.29, 0.717) is 24.2 Å². The van der Waals surface area contributed by atoms with Gasteiger partial charge in [-0.1, -0.05) is 0 Å². The molecule has 12 nitrogen and oxygen atoms in total. The second-order valence-corrected chi connectivity index (χ2v) is 9.99. The second-order valence-electron chi connectivity index (χ2n) is 8.83. The van der Waals surface area contributed by atoms with Crippen molar-refractivity contribution in [3.05, 3.63) is 24.2 Å². The zero-order valence-electron chi connectivity index (χ0n) is 19.3. The Balaban J connectivity index is 1.29. The molecular weight excluding hydrogens is 461 g/mol. The van der Waals surface area contributed by atoms with Gasteiger partial charge in [-0.3, -0.25) is 9.36 Å². The molecule has 3 N–H and O–H groups in total. The van der Waals surface area contributed by atoms with Crippen LogP contribution in [-0.4, -0.2) is 70.0 Å². The van der Waals surface area contributed by atoms with Crippen LogP contribution in [0.25, 0.3) is 5.52 Å². The van der Waals surface area contributed by atoms with Gasteiger partial charge in [-0.25, -0.2) is 14.6 Å². The molecule has 0 aliphatic carbocycles. The van der Waals surface area contributed by atoms with Crippen molar-refractivity contribution in [1.82, 2.24) is 24.6 Å². The molecule has 2 saturated heterocycles. The van der Waals surface area contributed by atoms with E-state index in [1.165, 1.54) is 6.33 Å². The molecule has 4 rings (SSSR count). The van der Waals surface area contributed by atoms with Gasteiger partial charge in [-0.05, 0) is 51.8 Å². The first-order valence-electron chi connectivity index (χ1n) is 11.3. The molecule has 0 spiro atoms. The van der Waals surface area contributed by atoms with Crippen LogP contribution in [0.3, 0.4) is 0 Å². The summed E-state index contributed by atoms with van der Waals surface area (Å²) < 4.78 is 31.1. The number of nitrogens with zero attached hydrogens (tertiary/aromatic N) is 5. The van der Waals surface area contributed by atoms with Crippen LogP contribution in [0.1, 0.15) is 44.4 Å². The summed E-state index contributed by atoms with van der Waals surface area (Å²) in [5.41, 5.74) is 6.03. The van der Waals surface area contributed by atoms with E-state index < -0.39 is 31.9 Å². The summed E-state index contributed by atoms with van der Waals surface area (Å²) in [5, 5.41) is 16.6. The number of esters is 1. The first-order chi connectivity index (χ1) is 16.3. The SMILES string of the molecule is C[C@H](N[PH](=O)OC[C@]1(C#N)CC[C@H](c2ccc3c(N)ncnn23)O1)C(=O)OC1CCN(C)CC1. The highest BCUT2D eigenvalue weighted by Gasteiger charge is 2.43. The molecule has 34 heavy (non-hydrogen) atoms. The van der Waals surface area contributed by atoms with Gasteiger partial charge in [0.1, 0.15) is 36.2 Å². The predicted octanol–water partition coefficient (Wildman–Crippen LogP) is 1.45. The van der Waals surface area contributed by atoms with E-state index in [2.05, 4.69) is 26.1 Å². The zero-order chi connectivity index (χ0) is 24.3. The quantitative estimate of drug-likeness (QED) is 0.407. The fourth-order valence-corrected chi connectivity index (χ4v) is 5.15. The van der Waals surface area contributed by atoms with Gasteiger partial charge < -0.3 is 24.6 Å². The molecule has 13 heteroatoms. The molecule has 0 bridgehead atoms. The Labute approximate surface area is 198 Å². The number of ether oxygens (including phenoxy) is 2. The van der Waals surface area contributed by atoms with Gasteiger partial charge in [-0.15, -0.1) is 0 Å². The molecule has 2 fully saturated rings. The molecule has 2 aliphatic heterocycles. The number of likely N-dealkylation sites (tertiary alicyclic amines) is 1. The van der Waals surface area contributed by atoms with E-state index in [4.69, 9.17) is 19.7 Å². The third kappa shape index (κ3) is 5.40. The van der Waals surface area contributed by atoms with E-state index in [9.17, 15) is 14.6 Å². The Morgan fingerprint density at radius 1 is 1.44 bits per heavy atom. The van der Waals surface area contributed by atoms with Crippen LogP contribution in [0.2, 0.25) is 0 Å². The van der Waals surface area contributed by atoms with Gasteiger partial charge in [0, 0.05) is 13.1 Å². The van der Waals surface area contributed by atoms with Crippen LogP contribution in [0.5, 0.6) is 0 Å². The maximum absolute atomic E-state index is 12.5. The van der Waals surface area contributed by atoms with Crippen molar-refractivity contribution in [3.63, 3.8) is 0 Å². The van der Waals surface area contributed by atoms with E-state index in [-0.39, 0.29) is 12.7 Å². The third-order valence-corrected chi connectivity index (χ3v) is 7.37. The van der Waals surface area contributed by atoms with Gasteiger partial charge in [0.05, 0.1) is 12.3 Å². The molecule has 0 amide bonds. The Kier molecular flexibility index (Phi) is 7.50. The lowest BCUT2D eigenvalue weighted by atomic mass is 10.0. The predicted molar refractivity (Wildman–Crippen MR) is 123 cm³/mol. The maximum atomic E-state index is 12.5. The lowest BCUT2D eigenvalue weighted by Crippen LogP contribution is -2.39. The summed E-state index contributed by atoms with van der Waals surface area (Å²) in [7, 11) is -0.781. The van der Waals surface area contributed by atoms with Crippen LogP contribution in [0, 0.1) is 11.3 Å². The fraction of sp³-hybridized carbons (Fsp3) is 0.619. The molecule has 1 unspecified atom stereocenters. The summed E-state index contributed by atoms with van der Waals surface area (Å²) in [6.45, 7) is 3.13. The molecule has 2 aromatic heterocycles. The fourth-order valence-electron chi connectivity index (χ4n) is 4.23. The number of hydrogen-bond acceptors (Lipinski definition) is 10. The maximum Gasteiger partial charge on any atom is 0.323 e. The average Bonchev–Trinajstić information content (AvgIpc) is 3.45. The average molecular weight is 491 g/mol. The minimum absolute atomic E-state index is 0.132. The molecular formula is C21H30N7O5P. The Hall–Kier alpha value is -2.55. The molecule has 0 saturated carbocycles. The van der Waals surface area contributed by atoms with E-state index >= 15 is 0 Å². The van der Waals surface area contributed by atoms with Gasteiger partial charge in [-0.2, -0.15) is 10.4 Å². The number of carbonyl (C=O) groups is 1. The van der Waals surface area contributed by atoms with Gasteiger partial charge in [0.2, 0.25) is 0 Å². The zero-order valence-corrected chi connectivity index (χ0v) is 20.3. The number of piperidine rings is 1. The number of nitrogens with one attached hydrogen (secondary N) is 1. The summed E-state index contributed by atoms with van der Waals surface area (Å²) in [4.78, 5) is 18.5. The number of nitrogen functional groups attached to an aromatic ring is 1. The molecule has 0 aromatic carbocycles. The van der Waals surface area contributed by atoms with Crippen molar-refractivity contribution in [2.24, 2.45) is 0 Å². The Morgan fingerprint density at radius 2 is 2.21 bits per heavy atom. The number of nitrogens with two attached hydrogens (primary N) is 1. The molecule has 4 heterocycles. The highest BCUT2D eigenvalue weighted by Crippen LogP contribution is 2.41. The number of carbonyl (C=O) groups excluding carboxylic acids is 1. The first-order valence-corrected chi connectivity index (χ1v) is 12.6. The minimum Gasteiger partial charge on any atom is -0.461 e. The van der Waals surface area contributed by atoms with Gasteiger partial charge in [0.25, 0.3) is 8.18 Å². The van der Waals surface area contributed by atoms with Crippen molar-refractivity contribution in [2.45, 2.75) is 56.5 Å². The Bertz CT molecular complexity index is 1100. The van der Waals surface area contributed by atoms with E-state index in [0.717, 1.165) is 31.6 Å². The van der Waals surface area contributed by atoms with Crippen LogP contribution in [0.15, 0.2) is 18.5 Å². The van der Waals surface area contributed by atoms with Gasteiger partial charge >= 0.3 is 5.97 Å². The highest BCUT2D eigenvalue weighted by molar-refractivity contribution is 7.36. The number of fused-ring (bicyclic) bond motifs is 1. The van der Waals surface area contributed by atoms with Crippen LogP contribution < -0.4 is 10.8 Å². The standard InChI is InChI=1S/C21H30N7O5P/c1-14(20(29)32-15-6-9-27(2)10-7-15)26-34(30)31-12-21(11-22)8-5-18(33-21)16-3-4-17-19(23)24-13-25-28(16)17/h3-4,13-15,18,34H,5-10,12H2,1-2H3,(H,26,30)(H2,23,24,25)/t14-,18+,21+/m0/s1. The Morgan fingerprint density at radius 3 is 2.94 bits per heavy atom. The molecule has 2 aromatic rings. The molecule has 0 radical (unpaired) electrons. The number of anilines is 1. The number of rotatable bonds is 8. The van der Waals surface area contributed by atoms with Crippen molar-refractivity contribution < 1.29 is 23.4 Å². The lowest BCUT2D eigenvalue weighted by Gasteiger charge is -2.29. The van der Waals surface area contributed by atoms with Crippen LogP contribution in [-0.2, 0) is 23.4 Å². The molecule has 4 atom stereocenters. The van der Waals surface area contributed by atoms with Crippen molar-refractivity contribution in [3.8, 4) is 6.07 Å². The van der Waals surface area contributed by atoms with Crippen molar-refractivity contribution in [1.29, 1.82) is 5.26 Å². The summed E-state index contributed by atoms with van der Waals surface area (Å²) in [6, 6.07) is 5.00. The highest BCUT2D eigenvalue weighted by atomic mass is 31.1. The summed E-state index contributed by atoms with van der Waals surface area (Å²) in [5.74, 6) is -0.118. The minimum atomic E-state index is -2.81. The van der Waals surface area contributed by atoms with E-state index in [1.807, 2.05) is 13.1 Å². The summed E-state index contributed by atoms with van der Waals surface area (Å²) >= 11 is 0. The third-order valence-electron chi connectivity index (χ3n) is 6.30. The van der Waals surface area contributed by atoms with Crippen molar-refractivity contribution >= 4 is 25.5 Å². The number of hydrogen-bond donors (Lipinski definition) is 2.